The van der Waals surface area contributed by atoms with Crippen molar-refractivity contribution < 1.29 is 23.9 Å². The monoisotopic (exact) mass is 344 g/mol. The first kappa shape index (κ1) is 17.0. The van der Waals surface area contributed by atoms with Crippen molar-refractivity contribution in [3.8, 4) is 0 Å². The Balaban J connectivity index is 1.58. The van der Waals surface area contributed by atoms with Gasteiger partial charge in [0.2, 0.25) is 5.91 Å². The molecule has 0 aliphatic carbocycles. The molecule has 2 heterocycles. The number of rotatable bonds is 4. The molecule has 2 aliphatic heterocycles. The summed E-state index contributed by atoms with van der Waals surface area (Å²) in [7, 11) is 0. The van der Waals surface area contributed by atoms with Gasteiger partial charge in [-0.2, -0.15) is 0 Å². The quantitative estimate of drug-likeness (QED) is 0.841. The largest absolute Gasteiger partial charge is 0.453 e. The SMILES string of the molecule is CC1OC(=O)C=C1NC(=O)[C@@H]1CCCN1C(=O)OCc1ccccc1. The number of hydrogen-bond acceptors (Lipinski definition) is 5. The van der Waals surface area contributed by atoms with Gasteiger partial charge < -0.3 is 14.8 Å². The molecule has 7 heteroatoms. The van der Waals surface area contributed by atoms with Crippen molar-refractivity contribution in [1.82, 2.24) is 10.2 Å². The summed E-state index contributed by atoms with van der Waals surface area (Å²) in [6.45, 7) is 2.31. The second-order valence-electron chi connectivity index (χ2n) is 6.06. The highest BCUT2D eigenvalue weighted by Crippen LogP contribution is 2.20. The standard InChI is InChI=1S/C18H20N2O5/c1-12-14(10-16(21)25-12)19-17(22)15-8-5-9-20(15)18(23)24-11-13-6-3-2-4-7-13/h2-4,6-7,10,12,15H,5,8-9,11H2,1H3,(H,19,22)/t12?,15-/m0/s1. The minimum Gasteiger partial charge on any atom is -0.453 e. The van der Waals surface area contributed by atoms with Crippen LogP contribution in [0.1, 0.15) is 25.3 Å². The van der Waals surface area contributed by atoms with Crippen molar-refractivity contribution in [3.05, 3.63) is 47.7 Å². The topological polar surface area (TPSA) is 84.9 Å². The molecule has 7 nitrogen and oxygen atoms in total. The molecule has 0 spiro atoms. The van der Waals surface area contributed by atoms with Crippen LogP contribution in [0.2, 0.25) is 0 Å². The van der Waals surface area contributed by atoms with Gasteiger partial charge in [0.1, 0.15) is 18.8 Å². The van der Waals surface area contributed by atoms with E-state index in [0.717, 1.165) is 12.0 Å². The zero-order valence-electron chi connectivity index (χ0n) is 13.9. The minimum absolute atomic E-state index is 0.162. The van der Waals surface area contributed by atoms with Gasteiger partial charge in [0.15, 0.2) is 0 Å². The van der Waals surface area contributed by atoms with E-state index in [0.29, 0.717) is 18.7 Å². The van der Waals surface area contributed by atoms with Gasteiger partial charge in [-0.25, -0.2) is 9.59 Å². The molecule has 132 valence electrons. The molecule has 0 saturated carbocycles. The van der Waals surface area contributed by atoms with Crippen LogP contribution in [0.25, 0.3) is 0 Å². The van der Waals surface area contributed by atoms with Crippen molar-refractivity contribution in [2.45, 2.75) is 38.5 Å². The summed E-state index contributed by atoms with van der Waals surface area (Å²) in [6.07, 6.45) is 1.54. The average molecular weight is 344 g/mol. The first-order chi connectivity index (χ1) is 12.0. The lowest BCUT2D eigenvalue weighted by Crippen LogP contribution is -2.46. The van der Waals surface area contributed by atoms with Crippen LogP contribution in [0.3, 0.4) is 0 Å². The van der Waals surface area contributed by atoms with E-state index < -0.39 is 24.2 Å². The molecule has 1 aromatic rings. The summed E-state index contributed by atoms with van der Waals surface area (Å²) in [6, 6.07) is 8.76. The van der Waals surface area contributed by atoms with E-state index in [4.69, 9.17) is 9.47 Å². The second-order valence-corrected chi connectivity index (χ2v) is 6.06. The van der Waals surface area contributed by atoms with Crippen LogP contribution in [-0.4, -0.2) is 41.6 Å². The molecule has 3 rings (SSSR count). The van der Waals surface area contributed by atoms with E-state index in [2.05, 4.69) is 5.32 Å². The fraction of sp³-hybridized carbons (Fsp3) is 0.389. The van der Waals surface area contributed by atoms with Gasteiger partial charge in [0.05, 0.1) is 5.70 Å². The average Bonchev–Trinajstić information content (AvgIpc) is 3.20. The van der Waals surface area contributed by atoms with Gasteiger partial charge in [0, 0.05) is 12.6 Å². The van der Waals surface area contributed by atoms with Gasteiger partial charge in [-0.3, -0.25) is 9.69 Å². The molecule has 2 aliphatic rings. The predicted molar refractivity (Wildman–Crippen MR) is 88.1 cm³/mol. The highest BCUT2D eigenvalue weighted by Gasteiger charge is 2.36. The Morgan fingerprint density at radius 3 is 2.76 bits per heavy atom. The molecule has 1 aromatic carbocycles. The van der Waals surface area contributed by atoms with Crippen molar-refractivity contribution in [2.75, 3.05) is 6.54 Å². The number of nitrogens with one attached hydrogen (secondary N) is 1. The lowest BCUT2D eigenvalue weighted by molar-refractivity contribution is -0.138. The third kappa shape index (κ3) is 3.99. The Bertz CT molecular complexity index is 701. The lowest BCUT2D eigenvalue weighted by atomic mass is 10.2. The molecule has 1 fully saturated rings. The van der Waals surface area contributed by atoms with E-state index >= 15 is 0 Å². The van der Waals surface area contributed by atoms with E-state index in [1.165, 1.54) is 11.0 Å². The van der Waals surface area contributed by atoms with Crippen molar-refractivity contribution in [2.24, 2.45) is 0 Å². The van der Waals surface area contributed by atoms with E-state index in [1.54, 1.807) is 6.92 Å². The molecular formula is C18H20N2O5. The molecule has 1 saturated heterocycles. The summed E-state index contributed by atoms with van der Waals surface area (Å²) >= 11 is 0. The van der Waals surface area contributed by atoms with Gasteiger partial charge in [-0.05, 0) is 25.3 Å². The molecule has 0 aromatic heterocycles. The lowest BCUT2D eigenvalue weighted by Gasteiger charge is -2.24. The van der Waals surface area contributed by atoms with E-state index in [9.17, 15) is 14.4 Å². The highest BCUT2D eigenvalue weighted by molar-refractivity contribution is 5.91. The molecule has 1 unspecified atom stereocenters. The Kier molecular flexibility index (Phi) is 5.02. The van der Waals surface area contributed by atoms with Gasteiger partial charge in [-0.1, -0.05) is 30.3 Å². The zero-order chi connectivity index (χ0) is 17.8. The van der Waals surface area contributed by atoms with Crippen LogP contribution < -0.4 is 5.32 Å². The van der Waals surface area contributed by atoms with Crippen molar-refractivity contribution in [3.63, 3.8) is 0 Å². The normalized spacial score (nSPS) is 22.4. The van der Waals surface area contributed by atoms with Gasteiger partial charge in [-0.15, -0.1) is 0 Å². The van der Waals surface area contributed by atoms with Gasteiger partial charge >= 0.3 is 12.1 Å². The number of cyclic esters (lactones) is 1. The van der Waals surface area contributed by atoms with Crippen molar-refractivity contribution in [1.29, 1.82) is 0 Å². The second kappa shape index (κ2) is 7.38. The van der Waals surface area contributed by atoms with Crippen LogP contribution in [0.4, 0.5) is 4.79 Å². The van der Waals surface area contributed by atoms with Crippen LogP contribution in [0, 0.1) is 0 Å². The number of hydrogen-bond donors (Lipinski definition) is 1. The summed E-state index contributed by atoms with van der Waals surface area (Å²) in [5, 5.41) is 2.69. The highest BCUT2D eigenvalue weighted by atomic mass is 16.6. The molecule has 25 heavy (non-hydrogen) atoms. The number of carbonyl (C=O) groups is 3. The molecular weight excluding hydrogens is 324 g/mol. The summed E-state index contributed by atoms with van der Waals surface area (Å²) < 4.78 is 10.3. The first-order valence-corrected chi connectivity index (χ1v) is 8.25. The summed E-state index contributed by atoms with van der Waals surface area (Å²) in [4.78, 5) is 37.4. The van der Waals surface area contributed by atoms with Gasteiger partial charge in [0.25, 0.3) is 0 Å². The number of amides is 2. The molecule has 2 atom stereocenters. The Hall–Kier alpha value is -2.83. The van der Waals surface area contributed by atoms with E-state index in [1.807, 2.05) is 30.3 Å². The number of benzene rings is 1. The number of nitrogens with zero attached hydrogens (tertiary/aromatic N) is 1. The molecule has 1 N–H and O–H groups in total. The Morgan fingerprint density at radius 2 is 2.08 bits per heavy atom. The first-order valence-electron chi connectivity index (χ1n) is 8.25. The number of esters is 1. The Morgan fingerprint density at radius 1 is 1.32 bits per heavy atom. The van der Waals surface area contributed by atoms with Crippen LogP contribution in [-0.2, 0) is 25.7 Å². The fourth-order valence-corrected chi connectivity index (χ4v) is 2.94. The van der Waals surface area contributed by atoms with Crippen LogP contribution in [0.15, 0.2) is 42.1 Å². The van der Waals surface area contributed by atoms with Crippen LogP contribution in [0.5, 0.6) is 0 Å². The number of carbonyl (C=O) groups excluding carboxylic acids is 3. The maximum absolute atomic E-state index is 12.5. The fourth-order valence-electron chi connectivity index (χ4n) is 2.94. The minimum atomic E-state index is -0.605. The third-order valence-corrected chi connectivity index (χ3v) is 4.27. The van der Waals surface area contributed by atoms with Crippen molar-refractivity contribution >= 4 is 18.0 Å². The zero-order valence-corrected chi connectivity index (χ0v) is 13.9. The molecule has 2 amide bonds. The molecule has 0 bridgehead atoms. The predicted octanol–water partition coefficient (Wildman–Crippen LogP) is 1.73. The maximum Gasteiger partial charge on any atom is 0.410 e. The summed E-state index contributed by atoms with van der Waals surface area (Å²) in [5.41, 5.74) is 1.30. The van der Waals surface area contributed by atoms with E-state index in [-0.39, 0.29) is 12.5 Å². The van der Waals surface area contributed by atoms with Crippen LogP contribution >= 0.6 is 0 Å². The smallest absolute Gasteiger partial charge is 0.410 e. The summed E-state index contributed by atoms with van der Waals surface area (Å²) in [5.74, 6) is -0.807. The maximum atomic E-state index is 12.5. The number of likely N-dealkylation sites (tertiary alicyclic amines) is 1. The number of ether oxygens (including phenoxy) is 2. The third-order valence-electron chi connectivity index (χ3n) is 4.27. The molecule has 0 radical (unpaired) electrons. The Labute approximate surface area is 145 Å².